The number of guanidine groups is 1. The molecule has 26 heavy (non-hydrogen) atoms. The van der Waals surface area contributed by atoms with Crippen LogP contribution in [0.15, 0.2) is 23.2 Å². The monoisotopic (exact) mass is 363 g/mol. The summed E-state index contributed by atoms with van der Waals surface area (Å²) < 4.78 is 21.8. The highest BCUT2D eigenvalue weighted by atomic mass is 16.7. The van der Waals surface area contributed by atoms with Crippen LogP contribution in [-0.4, -0.2) is 59.3 Å². The molecule has 0 saturated carbocycles. The lowest BCUT2D eigenvalue weighted by Crippen LogP contribution is -2.39. The number of nitrogens with zero attached hydrogens (tertiary/aromatic N) is 1. The van der Waals surface area contributed by atoms with Crippen LogP contribution in [-0.2, 0) is 15.9 Å². The van der Waals surface area contributed by atoms with Gasteiger partial charge in [-0.2, -0.15) is 0 Å². The van der Waals surface area contributed by atoms with Gasteiger partial charge in [0.05, 0.1) is 13.2 Å². The fourth-order valence-corrected chi connectivity index (χ4v) is 2.99. The van der Waals surface area contributed by atoms with Gasteiger partial charge in [-0.1, -0.05) is 6.07 Å². The van der Waals surface area contributed by atoms with Crippen molar-refractivity contribution in [3.05, 3.63) is 23.8 Å². The van der Waals surface area contributed by atoms with Gasteiger partial charge in [-0.3, -0.25) is 4.99 Å². The Morgan fingerprint density at radius 1 is 1.23 bits per heavy atom. The van der Waals surface area contributed by atoms with Gasteiger partial charge in [-0.05, 0) is 37.0 Å². The number of benzene rings is 1. The topological polar surface area (TPSA) is 73.3 Å². The first kappa shape index (κ1) is 18.8. The molecular formula is C19H29N3O4. The molecule has 144 valence electrons. The molecule has 0 spiro atoms. The summed E-state index contributed by atoms with van der Waals surface area (Å²) in [5, 5.41) is 6.65. The van der Waals surface area contributed by atoms with Gasteiger partial charge in [-0.25, -0.2) is 0 Å². The van der Waals surface area contributed by atoms with E-state index in [9.17, 15) is 0 Å². The molecule has 1 fully saturated rings. The van der Waals surface area contributed by atoms with Crippen LogP contribution in [0.1, 0.15) is 18.4 Å². The van der Waals surface area contributed by atoms with Gasteiger partial charge >= 0.3 is 0 Å². The second kappa shape index (κ2) is 10.2. The Morgan fingerprint density at radius 3 is 2.96 bits per heavy atom. The van der Waals surface area contributed by atoms with Crippen molar-refractivity contribution < 1.29 is 18.9 Å². The second-order valence-electron chi connectivity index (χ2n) is 6.52. The Kier molecular flexibility index (Phi) is 7.39. The van der Waals surface area contributed by atoms with E-state index in [1.807, 2.05) is 12.1 Å². The third kappa shape index (κ3) is 5.78. The van der Waals surface area contributed by atoms with Gasteiger partial charge in [-0.15, -0.1) is 0 Å². The normalized spacial score (nSPS) is 19.0. The molecule has 0 aliphatic carbocycles. The van der Waals surface area contributed by atoms with Crippen LogP contribution in [0, 0.1) is 5.92 Å². The summed E-state index contributed by atoms with van der Waals surface area (Å²) in [5.41, 5.74) is 1.21. The fraction of sp³-hybridized carbons (Fsp3) is 0.632. The molecule has 2 aliphatic heterocycles. The fourth-order valence-electron chi connectivity index (χ4n) is 2.99. The highest BCUT2D eigenvalue weighted by molar-refractivity contribution is 5.79. The van der Waals surface area contributed by atoms with Crippen molar-refractivity contribution in [3.63, 3.8) is 0 Å². The molecule has 0 aromatic heterocycles. The van der Waals surface area contributed by atoms with E-state index in [0.29, 0.717) is 12.7 Å². The van der Waals surface area contributed by atoms with Crippen LogP contribution in [0.5, 0.6) is 11.5 Å². The molecule has 2 N–H and O–H groups in total. The summed E-state index contributed by atoms with van der Waals surface area (Å²) in [6.07, 6.45) is 2.97. The zero-order valence-corrected chi connectivity index (χ0v) is 15.5. The quantitative estimate of drug-likeness (QED) is 0.394. The van der Waals surface area contributed by atoms with Gasteiger partial charge in [0.2, 0.25) is 6.79 Å². The largest absolute Gasteiger partial charge is 0.454 e. The third-order valence-corrected chi connectivity index (χ3v) is 4.50. The average Bonchev–Trinajstić information content (AvgIpc) is 3.34. The summed E-state index contributed by atoms with van der Waals surface area (Å²) >= 11 is 0. The molecule has 0 radical (unpaired) electrons. The van der Waals surface area contributed by atoms with Crippen LogP contribution in [0.4, 0.5) is 0 Å². The number of ether oxygens (including phenoxy) is 4. The molecule has 0 amide bonds. The zero-order chi connectivity index (χ0) is 18.0. The summed E-state index contributed by atoms with van der Waals surface area (Å²) in [6.45, 7) is 5.25. The SMILES string of the molecule is CN=C(NCCCOCC1CCOC1)NCCc1ccc2c(c1)OCO2. The maximum atomic E-state index is 5.71. The van der Waals surface area contributed by atoms with E-state index in [4.69, 9.17) is 18.9 Å². The van der Waals surface area contributed by atoms with Crippen LogP contribution >= 0.6 is 0 Å². The van der Waals surface area contributed by atoms with Crippen LogP contribution < -0.4 is 20.1 Å². The predicted molar refractivity (Wildman–Crippen MR) is 100.0 cm³/mol. The van der Waals surface area contributed by atoms with Crippen LogP contribution in [0.2, 0.25) is 0 Å². The third-order valence-electron chi connectivity index (χ3n) is 4.50. The molecule has 1 aromatic rings. The van der Waals surface area contributed by atoms with Crippen molar-refractivity contribution >= 4 is 5.96 Å². The zero-order valence-electron chi connectivity index (χ0n) is 15.5. The van der Waals surface area contributed by atoms with Crippen molar-refractivity contribution in [3.8, 4) is 11.5 Å². The van der Waals surface area contributed by atoms with Crippen molar-refractivity contribution in [1.29, 1.82) is 0 Å². The smallest absolute Gasteiger partial charge is 0.231 e. The van der Waals surface area contributed by atoms with E-state index in [1.165, 1.54) is 5.56 Å². The first-order valence-corrected chi connectivity index (χ1v) is 9.33. The molecule has 2 heterocycles. The second-order valence-corrected chi connectivity index (χ2v) is 6.52. The average molecular weight is 363 g/mol. The summed E-state index contributed by atoms with van der Waals surface area (Å²) in [4.78, 5) is 4.25. The molecule has 1 saturated heterocycles. The number of aliphatic imine (C=N–C) groups is 1. The number of hydrogen-bond donors (Lipinski definition) is 2. The summed E-state index contributed by atoms with van der Waals surface area (Å²) in [5.74, 6) is 3.04. The van der Waals surface area contributed by atoms with E-state index in [1.54, 1.807) is 7.05 Å². The van der Waals surface area contributed by atoms with E-state index in [0.717, 1.165) is 76.2 Å². The molecule has 1 atom stereocenters. The van der Waals surface area contributed by atoms with E-state index in [-0.39, 0.29) is 0 Å². The maximum absolute atomic E-state index is 5.71. The van der Waals surface area contributed by atoms with Gasteiger partial charge in [0, 0.05) is 39.3 Å². The Bertz CT molecular complexity index is 588. The lowest BCUT2D eigenvalue weighted by molar-refractivity contribution is 0.0888. The highest BCUT2D eigenvalue weighted by Crippen LogP contribution is 2.32. The Morgan fingerprint density at radius 2 is 2.12 bits per heavy atom. The molecule has 7 heteroatoms. The van der Waals surface area contributed by atoms with E-state index >= 15 is 0 Å². The van der Waals surface area contributed by atoms with Gasteiger partial charge in [0.1, 0.15) is 0 Å². The first-order valence-electron chi connectivity index (χ1n) is 9.33. The number of hydrogen-bond acceptors (Lipinski definition) is 5. The number of nitrogens with one attached hydrogen (secondary N) is 2. The summed E-state index contributed by atoms with van der Waals surface area (Å²) in [7, 11) is 1.78. The highest BCUT2D eigenvalue weighted by Gasteiger charge is 2.15. The minimum Gasteiger partial charge on any atom is -0.454 e. The van der Waals surface area contributed by atoms with Gasteiger partial charge < -0.3 is 29.6 Å². The Labute approximate surface area is 155 Å². The van der Waals surface area contributed by atoms with Crippen molar-refractivity contribution in [2.24, 2.45) is 10.9 Å². The molecular weight excluding hydrogens is 334 g/mol. The standard InChI is InChI=1S/C19H29N3O4/c1-20-19(21-7-2-9-23-12-16-6-10-24-13-16)22-8-5-15-3-4-17-18(11-15)26-14-25-17/h3-4,11,16H,2,5-10,12-14H2,1H3,(H2,20,21,22). The molecule has 3 rings (SSSR count). The lowest BCUT2D eigenvalue weighted by Gasteiger charge is -2.13. The van der Waals surface area contributed by atoms with Crippen molar-refractivity contribution in [2.75, 3.05) is 53.4 Å². The lowest BCUT2D eigenvalue weighted by atomic mass is 10.1. The minimum absolute atomic E-state index is 0.311. The first-order chi connectivity index (χ1) is 12.8. The van der Waals surface area contributed by atoms with Gasteiger partial charge in [0.25, 0.3) is 0 Å². The molecule has 1 aromatic carbocycles. The van der Waals surface area contributed by atoms with Crippen LogP contribution in [0.25, 0.3) is 0 Å². The predicted octanol–water partition coefficient (Wildman–Crippen LogP) is 1.57. The van der Waals surface area contributed by atoms with Crippen molar-refractivity contribution in [1.82, 2.24) is 10.6 Å². The van der Waals surface area contributed by atoms with Crippen molar-refractivity contribution in [2.45, 2.75) is 19.3 Å². The van der Waals surface area contributed by atoms with E-state index in [2.05, 4.69) is 21.7 Å². The Hall–Kier alpha value is -1.99. The van der Waals surface area contributed by atoms with Gasteiger partial charge in [0.15, 0.2) is 17.5 Å². The molecule has 7 nitrogen and oxygen atoms in total. The van der Waals surface area contributed by atoms with Crippen LogP contribution in [0.3, 0.4) is 0 Å². The Balaban J connectivity index is 1.25. The molecule has 0 bridgehead atoms. The maximum Gasteiger partial charge on any atom is 0.231 e. The minimum atomic E-state index is 0.311. The number of rotatable bonds is 9. The molecule has 1 unspecified atom stereocenters. The molecule has 2 aliphatic rings. The summed E-state index contributed by atoms with van der Waals surface area (Å²) in [6, 6.07) is 6.06. The van der Waals surface area contributed by atoms with E-state index < -0.39 is 0 Å². The number of fused-ring (bicyclic) bond motifs is 1.